The van der Waals surface area contributed by atoms with Crippen molar-refractivity contribution >= 4 is 23.8 Å². The summed E-state index contributed by atoms with van der Waals surface area (Å²) in [6, 6.07) is 6.28. The van der Waals surface area contributed by atoms with Crippen molar-refractivity contribution in [2.75, 3.05) is 45.4 Å². The first-order chi connectivity index (χ1) is 13.6. The number of methoxy groups -OCH3 is 1. The van der Waals surface area contributed by atoms with Gasteiger partial charge in [0, 0.05) is 12.1 Å². The van der Waals surface area contributed by atoms with Gasteiger partial charge in [0.2, 0.25) is 0 Å². The molecule has 7 nitrogen and oxygen atoms in total. The van der Waals surface area contributed by atoms with Crippen LogP contribution in [0.3, 0.4) is 0 Å². The van der Waals surface area contributed by atoms with Crippen LogP contribution in [0.25, 0.3) is 0 Å². The summed E-state index contributed by atoms with van der Waals surface area (Å²) >= 11 is 1.61. The van der Waals surface area contributed by atoms with Crippen LogP contribution in [0, 0.1) is 12.3 Å². The second-order valence-electron chi connectivity index (χ2n) is 6.23. The van der Waals surface area contributed by atoms with E-state index in [9.17, 15) is 9.59 Å². The van der Waals surface area contributed by atoms with Gasteiger partial charge in [0.05, 0.1) is 20.3 Å². The molecule has 0 bridgehead atoms. The number of amides is 2. The molecule has 2 rings (SSSR count). The number of esters is 1. The number of carbonyl (C=O) groups is 2. The van der Waals surface area contributed by atoms with Crippen molar-refractivity contribution in [1.29, 1.82) is 0 Å². The van der Waals surface area contributed by atoms with Crippen LogP contribution < -0.4 is 10.1 Å². The minimum atomic E-state index is -0.658. The van der Waals surface area contributed by atoms with Crippen LogP contribution in [-0.4, -0.2) is 74.5 Å². The Kier molecular flexibility index (Phi) is 8.98. The molecule has 1 aliphatic rings. The lowest BCUT2D eigenvalue weighted by molar-refractivity contribution is -0.143. The van der Waals surface area contributed by atoms with Crippen molar-refractivity contribution in [3.63, 3.8) is 0 Å². The lowest BCUT2D eigenvalue weighted by atomic mass is 10.2. The number of hydrogen-bond acceptors (Lipinski definition) is 6. The van der Waals surface area contributed by atoms with Gasteiger partial charge in [0.25, 0.3) is 0 Å². The number of ether oxygens (including phenoxy) is 3. The fraction of sp³-hybridized carbons (Fsp3) is 0.500. The first-order valence-electron chi connectivity index (χ1n) is 9.00. The normalized spacial score (nSPS) is 17.3. The van der Waals surface area contributed by atoms with Crippen molar-refractivity contribution < 1.29 is 23.8 Å². The van der Waals surface area contributed by atoms with Crippen LogP contribution in [0.1, 0.15) is 12.0 Å². The number of hydrogen-bond donors (Lipinski definition) is 1. The van der Waals surface area contributed by atoms with E-state index in [4.69, 9.17) is 20.6 Å². The molecule has 0 saturated carbocycles. The Hall–Kier alpha value is -2.37. The lowest BCUT2D eigenvalue weighted by Crippen LogP contribution is -2.54. The maximum Gasteiger partial charge on any atom is 0.328 e. The molecule has 0 spiro atoms. The molecule has 1 fully saturated rings. The summed E-state index contributed by atoms with van der Waals surface area (Å²) in [5, 5.41) is 2.76. The van der Waals surface area contributed by atoms with Gasteiger partial charge in [-0.15, -0.1) is 6.42 Å². The standard InChI is InChI=1S/C20H26N2O5S/c1-4-15-6-5-7-16(12-15)27-14-17-13-22(9-10-26-17)20(24)21-18(8-11-28-3)19(23)25-2/h1,5-7,12,17-18H,8-11,13-14H2,2-3H3,(H,21,24)/t17?,18-/m0/s1. The van der Waals surface area contributed by atoms with Crippen LogP contribution in [0.2, 0.25) is 0 Å². The van der Waals surface area contributed by atoms with E-state index >= 15 is 0 Å². The van der Waals surface area contributed by atoms with Gasteiger partial charge in [-0.05, 0) is 36.6 Å². The predicted molar refractivity (Wildman–Crippen MR) is 109 cm³/mol. The van der Waals surface area contributed by atoms with Gasteiger partial charge >= 0.3 is 12.0 Å². The number of carbonyl (C=O) groups excluding carboxylic acids is 2. The maximum absolute atomic E-state index is 12.6. The monoisotopic (exact) mass is 406 g/mol. The number of nitrogens with zero attached hydrogens (tertiary/aromatic N) is 1. The zero-order valence-corrected chi connectivity index (χ0v) is 17.0. The summed E-state index contributed by atoms with van der Waals surface area (Å²) in [5.41, 5.74) is 0.738. The van der Waals surface area contributed by atoms with Crippen LogP contribution in [-0.2, 0) is 14.3 Å². The highest BCUT2D eigenvalue weighted by Gasteiger charge is 2.28. The molecular weight excluding hydrogens is 380 g/mol. The van der Waals surface area contributed by atoms with E-state index in [-0.39, 0.29) is 12.1 Å². The van der Waals surface area contributed by atoms with E-state index in [1.54, 1.807) is 22.7 Å². The number of terminal acetylenes is 1. The van der Waals surface area contributed by atoms with Gasteiger partial charge < -0.3 is 24.4 Å². The highest BCUT2D eigenvalue weighted by molar-refractivity contribution is 7.98. The summed E-state index contributed by atoms with van der Waals surface area (Å²) in [6.07, 6.45) is 7.59. The van der Waals surface area contributed by atoms with E-state index < -0.39 is 12.0 Å². The molecule has 2 amide bonds. The van der Waals surface area contributed by atoms with Crippen LogP contribution >= 0.6 is 11.8 Å². The zero-order valence-electron chi connectivity index (χ0n) is 16.2. The topological polar surface area (TPSA) is 77.1 Å². The predicted octanol–water partition coefficient (Wildman–Crippen LogP) is 1.75. The Labute approximate surface area is 170 Å². The average Bonchev–Trinajstić information content (AvgIpc) is 2.74. The molecule has 0 aromatic heterocycles. The maximum atomic E-state index is 12.6. The van der Waals surface area contributed by atoms with Crippen molar-refractivity contribution in [2.45, 2.75) is 18.6 Å². The quantitative estimate of drug-likeness (QED) is 0.524. The van der Waals surface area contributed by atoms with Gasteiger partial charge in [0.1, 0.15) is 24.5 Å². The molecule has 1 aromatic carbocycles. The SMILES string of the molecule is C#Cc1cccc(OCC2CN(C(=O)N[C@@H](CCSC)C(=O)OC)CCO2)c1. The van der Waals surface area contributed by atoms with E-state index in [1.807, 2.05) is 24.5 Å². The van der Waals surface area contributed by atoms with E-state index in [2.05, 4.69) is 11.2 Å². The van der Waals surface area contributed by atoms with Crippen LogP contribution in [0.15, 0.2) is 24.3 Å². The molecule has 1 aromatic rings. The second-order valence-corrected chi connectivity index (χ2v) is 7.21. The molecule has 28 heavy (non-hydrogen) atoms. The zero-order chi connectivity index (χ0) is 20.4. The van der Waals surface area contributed by atoms with E-state index in [0.717, 1.165) is 11.3 Å². The summed E-state index contributed by atoms with van der Waals surface area (Å²) in [7, 11) is 1.32. The Balaban J connectivity index is 1.87. The second kappa shape index (κ2) is 11.5. The molecular formula is C20H26N2O5S. The van der Waals surface area contributed by atoms with E-state index in [1.165, 1.54) is 7.11 Å². The number of thioether (sulfide) groups is 1. The summed E-state index contributed by atoms with van der Waals surface area (Å²) in [6.45, 7) is 1.52. The number of benzene rings is 1. The smallest absolute Gasteiger partial charge is 0.328 e. The first kappa shape index (κ1) is 21.9. The number of urea groups is 1. The number of morpholine rings is 1. The minimum absolute atomic E-state index is 0.267. The molecule has 1 saturated heterocycles. The largest absolute Gasteiger partial charge is 0.491 e. The molecule has 0 radical (unpaired) electrons. The Morgan fingerprint density at radius 3 is 3.04 bits per heavy atom. The Morgan fingerprint density at radius 1 is 1.50 bits per heavy atom. The molecule has 2 atom stereocenters. The third-order valence-corrected chi connectivity index (χ3v) is 4.90. The first-order valence-corrected chi connectivity index (χ1v) is 10.4. The van der Waals surface area contributed by atoms with E-state index in [0.29, 0.717) is 38.5 Å². The van der Waals surface area contributed by atoms with Crippen molar-refractivity contribution in [3.8, 4) is 18.1 Å². The Morgan fingerprint density at radius 2 is 2.32 bits per heavy atom. The van der Waals surface area contributed by atoms with Gasteiger partial charge in [-0.25, -0.2) is 9.59 Å². The fourth-order valence-electron chi connectivity index (χ4n) is 2.74. The number of nitrogens with one attached hydrogen (secondary N) is 1. The number of rotatable bonds is 8. The highest BCUT2D eigenvalue weighted by Crippen LogP contribution is 2.15. The van der Waals surface area contributed by atoms with Gasteiger partial charge in [-0.1, -0.05) is 12.0 Å². The summed E-state index contributed by atoms with van der Waals surface area (Å²) in [5.74, 6) is 3.52. The van der Waals surface area contributed by atoms with Gasteiger partial charge in [-0.2, -0.15) is 11.8 Å². The van der Waals surface area contributed by atoms with Crippen molar-refractivity contribution in [3.05, 3.63) is 29.8 Å². The average molecular weight is 407 g/mol. The minimum Gasteiger partial charge on any atom is -0.491 e. The molecule has 1 unspecified atom stereocenters. The lowest BCUT2D eigenvalue weighted by Gasteiger charge is -2.33. The fourth-order valence-corrected chi connectivity index (χ4v) is 3.21. The molecule has 1 heterocycles. The van der Waals surface area contributed by atoms with Crippen molar-refractivity contribution in [1.82, 2.24) is 10.2 Å². The third kappa shape index (κ3) is 6.66. The van der Waals surface area contributed by atoms with Crippen molar-refractivity contribution in [2.24, 2.45) is 0 Å². The third-order valence-electron chi connectivity index (χ3n) is 4.26. The molecule has 8 heteroatoms. The molecule has 1 aliphatic heterocycles. The molecule has 1 N–H and O–H groups in total. The molecule has 152 valence electrons. The molecule has 0 aliphatic carbocycles. The Bertz CT molecular complexity index is 706. The highest BCUT2D eigenvalue weighted by atomic mass is 32.2. The van der Waals surface area contributed by atoms with Gasteiger partial charge in [-0.3, -0.25) is 0 Å². The summed E-state index contributed by atoms with van der Waals surface area (Å²) < 4.78 is 16.2. The van der Waals surface area contributed by atoms with Gasteiger partial charge in [0.15, 0.2) is 0 Å². The van der Waals surface area contributed by atoms with Crippen LogP contribution in [0.4, 0.5) is 4.79 Å². The van der Waals surface area contributed by atoms with Crippen LogP contribution in [0.5, 0.6) is 5.75 Å². The summed E-state index contributed by atoms with van der Waals surface area (Å²) in [4.78, 5) is 26.1.